The van der Waals surface area contributed by atoms with E-state index in [0.717, 1.165) is 6.42 Å². The van der Waals surface area contributed by atoms with Crippen molar-refractivity contribution in [1.29, 1.82) is 0 Å². The normalized spacial score (nSPS) is 12.7. The number of hydrogen-bond acceptors (Lipinski definition) is 0. The van der Waals surface area contributed by atoms with E-state index in [-0.39, 0.29) is 29.4 Å². The van der Waals surface area contributed by atoms with Crippen LogP contribution in [0.1, 0.15) is 122 Å². The summed E-state index contributed by atoms with van der Waals surface area (Å²) in [6.07, 6.45) is 0.952. The molecule has 0 bridgehead atoms. The first-order chi connectivity index (χ1) is 17.0. The fraction of sp³-hybridized carbons (Fsp3) is 0.500. The van der Waals surface area contributed by atoms with Crippen LogP contribution in [-0.4, -0.2) is 12.1 Å². The molecular formula is C34H49CrN2-3. The summed E-state index contributed by atoms with van der Waals surface area (Å²) in [6, 6.07) is 23.8. The molecule has 0 saturated carbocycles. The van der Waals surface area contributed by atoms with Gasteiger partial charge in [-0.25, -0.2) is 12.1 Å². The maximum atomic E-state index is 5.24. The van der Waals surface area contributed by atoms with E-state index in [0.29, 0.717) is 23.7 Å². The molecule has 0 fully saturated rings. The van der Waals surface area contributed by atoms with Crippen molar-refractivity contribution < 1.29 is 17.4 Å². The van der Waals surface area contributed by atoms with E-state index in [1.54, 1.807) is 0 Å². The molecule has 0 heterocycles. The molecule has 0 aromatic heterocycles. The van der Waals surface area contributed by atoms with Crippen molar-refractivity contribution in [1.82, 2.24) is 0 Å². The predicted octanol–water partition coefficient (Wildman–Crippen LogP) is 11.5. The first kappa shape index (κ1) is 33.0. The summed E-state index contributed by atoms with van der Waals surface area (Å²) in [5, 5.41) is 10.5. The SMILES string of the molecule is CC(CC(C)[N-]c1c(C(C)C)cccc1C(C)C)[N-]c1c(C(C)C)cccc1C(C)C.[Cr].c1cc[cH-]c1. The Bertz CT molecular complexity index is 879. The van der Waals surface area contributed by atoms with Gasteiger partial charge in [-0.3, -0.25) is 0 Å². The molecule has 3 aromatic rings. The zero-order valence-electron chi connectivity index (χ0n) is 24.8. The van der Waals surface area contributed by atoms with Crippen LogP contribution < -0.4 is 0 Å². The molecule has 0 radical (unpaired) electrons. The Morgan fingerprint density at radius 1 is 0.514 bits per heavy atom. The molecule has 0 N–H and O–H groups in total. The van der Waals surface area contributed by atoms with Crippen molar-refractivity contribution in [3.05, 3.63) is 99.6 Å². The smallest absolute Gasteiger partial charge is 0 e. The zero-order chi connectivity index (χ0) is 26.8. The van der Waals surface area contributed by atoms with Crippen molar-refractivity contribution in [3.8, 4) is 0 Å². The Balaban J connectivity index is 0.00000102. The summed E-state index contributed by atoms with van der Waals surface area (Å²) in [5.74, 6) is 1.88. The molecular weight excluding hydrogens is 488 g/mol. The number of benzene rings is 2. The first-order valence-corrected chi connectivity index (χ1v) is 13.9. The third-order valence-corrected chi connectivity index (χ3v) is 6.62. The van der Waals surface area contributed by atoms with E-state index in [9.17, 15) is 0 Å². The van der Waals surface area contributed by atoms with Gasteiger partial charge in [0.25, 0.3) is 0 Å². The molecule has 0 aliphatic heterocycles. The summed E-state index contributed by atoms with van der Waals surface area (Å²) in [4.78, 5) is 0. The van der Waals surface area contributed by atoms with E-state index in [4.69, 9.17) is 10.6 Å². The quantitative estimate of drug-likeness (QED) is 0.230. The third kappa shape index (κ3) is 9.96. The van der Waals surface area contributed by atoms with Gasteiger partial charge in [-0.1, -0.05) is 134 Å². The molecule has 2 nitrogen and oxygen atoms in total. The van der Waals surface area contributed by atoms with Crippen molar-refractivity contribution in [2.24, 2.45) is 0 Å². The summed E-state index contributed by atoms with van der Waals surface area (Å²) in [5.41, 5.74) is 7.84. The molecule has 0 saturated heterocycles. The largest absolute Gasteiger partial charge is 0.681 e. The Hall–Kier alpha value is -2.08. The Morgan fingerprint density at radius 3 is 1.03 bits per heavy atom. The minimum atomic E-state index is 0. The Kier molecular flexibility index (Phi) is 14.3. The number of para-hydroxylation sites is 2. The van der Waals surface area contributed by atoms with Crippen LogP contribution in [-0.2, 0) is 17.4 Å². The zero-order valence-corrected chi connectivity index (χ0v) is 26.1. The molecule has 0 aliphatic rings. The average Bonchev–Trinajstić information content (AvgIpc) is 3.38. The molecule has 37 heavy (non-hydrogen) atoms. The molecule has 3 rings (SSSR count). The fourth-order valence-corrected chi connectivity index (χ4v) is 4.68. The van der Waals surface area contributed by atoms with Crippen LogP contribution >= 0.6 is 0 Å². The maximum Gasteiger partial charge on any atom is 0 e. The van der Waals surface area contributed by atoms with E-state index in [2.05, 4.69) is 106 Å². The second kappa shape index (κ2) is 16.0. The van der Waals surface area contributed by atoms with E-state index in [1.165, 1.54) is 33.6 Å². The molecule has 3 heteroatoms. The van der Waals surface area contributed by atoms with Crippen LogP contribution in [0.3, 0.4) is 0 Å². The third-order valence-electron chi connectivity index (χ3n) is 6.62. The molecule has 0 amide bonds. The molecule has 2 atom stereocenters. The van der Waals surface area contributed by atoms with Crippen LogP contribution in [0.15, 0.2) is 66.7 Å². The van der Waals surface area contributed by atoms with Crippen molar-refractivity contribution in [3.63, 3.8) is 0 Å². The second-order valence-electron chi connectivity index (χ2n) is 11.3. The number of rotatable bonds is 10. The topological polar surface area (TPSA) is 28.2 Å². The van der Waals surface area contributed by atoms with Gasteiger partial charge in [0, 0.05) is 17.4 Å². The van der Waals surface area contributed by atoms with Gasteiger partial charge in [-0.2, -0.15) is 18.2 Å². The summed E-state index contributed by atoms with van der Waals surface area (Å²) in [6.45, 7) is 22.6. The minimum Gasteiger partial charge on any atom is -0.681 e. The molecule has 0 aliphatic carbocycles. The van der Waals surface area contributed by atoms with Gasteiger partial charge in [-0.05, 0) is 23.7 Å². The Morgan fingerprint density at radius 2 is 0.811 bits per heavy atom. The van der Waals surface area contributed by atoms with Gasteiger partial charge in [-0.15, -0.1) is 23.5 Å². The second-order valence-corrected chi connectivity index (χ2v) is 11.3. The molecule has 204 valence electrons. The van der Waals surface area contributed by atoms with E-state index < -0.39 is 0 Å². The van der Waals surface area contributed by atoms with Gasteiger partial charge in [0.15, 0.2) is 0 Å². The van der Waals surface area contributed by atoms with Crippen LogP contribution in [0.25, 0.3) is 10.6 Å². The van der Waals surface area contributed by atoms with Gasteiger partial charge in [0.05, 0.1) is 0 Å². The standard InChI is InChI=1S/C29H44N2.C5H5.Cr/c1-18(2)24-13-11-14-25(19(3)4)28(24)30-22(9)17-23(10)31-29-26(20(5)6)15-12-16-27(29)21(7)8;1-2-4-5-3-1;/h11-16,18-23H,17H2,1-10H3;1-5H;/q-2;-1;. The van der Waals surface area contributed by atoms with Crippen LogP contribution in [0, 0.1) is 0 Å². The fourth-order valence-electron chi connectivity index (χ4n) is 4.68. The summed E-state index contributed by atoms with van der Waals surface area (Å²) >= 11 is 0. The summed E-state index contributed by atoms with van der Waals surface area (Å²) < 4.78 is 0. The molecule has 0 spiro atoms. The summed E-state index contributed by atoms with van der Waals surface area (Å²) in [7, 11) is 0. The maximum absolute atomic E-state index is 5.24. The van der Waals surface area contributed by atoms with Crippen LogP contribution in [0.2, 0.25) is 0 Å². The molecule has 2 unspecified atom stereocenters. The van der Waals surface area contributed by atoms with Crippen molar-refractivity contribution >= 4 is 11.4 Å². The monoisotopic (exact) mass is 537 g/mol. The minimum absolute atomic E-state index is 0. The van der Waals surface area contributed by atoms with Crippen molar-refractivity contribution in [2.45, 2.75) is 111 Å². The van der Waals surface area contributed by atoms with Gasteiger partial charge in [0.2, 0.25) is 0 Å². The van der Waals surface area contributed by atoms with Crippen LogP contribution in [0.5, 0.6) is 0 Å². The van der Waals surface area contributed by atoms with Crippen molar-refractivity contribution in [2.75, 3.05) is 0 Å². The van der Waals surface area contributed by atoms with E-state index >= 15 is 0 Å². The van der Waals surface area contributed by atoms with Crippen LogP contribution in [0.4, 0.5) is 11.4 Å². The van der Waals surface area contributed by atoms with Gasteiger partial charge >= 0.3 is 0 Å². The number of nitrogens with zero attached hydrogens (tertiary/aromatic N) is 2. The molecule has 3 aromatic carbocycles. The van der Waals surface area contributed by atoms with Gasteiger partial charge in [0.1, 0.15) is 0 Å². The average molecular weight is 538 g/mol. The number of hydrogen-bond donors (Lipinski definition) is 0. The van der Waals surface area contributed by atoms with E-state index in [1.807, 2.05) is 30.3 Å². The Labute approximate surface area is 239 Å². The predicted molar refractivity (Wildman–Crippen MR) is 161 cm³/mol. The first-order valence-electron chi connectivity index (χ1n) is 13.9. The van der Waals surface area contributed by atoms with Gasteiger partial charge < -0.3 is 10.6 Å².